The Balaban J connectivity index is 1.77. The lowest BCUT2D eigenvalue weighted by atomic mass is 10.1. The molecule has 0 aliphatic rings. The molecule has 10 heteroatoms. The van der Waals surface area contributed by atoms with Gasteiger partial charge in [-0.15, -0.1) is 11.3 Å². The number of thiazole rings is 1. The van der Waals surface area contributed by atoms with Crippen LogP contribution < -0.4 is 16.0 Å². The van der Waals surface area contributed by atoms with Crippen molar-refractivity contribution < 1.29 is 14.4 Å². The van der Waals surface area contributed by atoms with E-state index in [2.05, 4.69) is 20.9 Å². The fourth-order valence-corrected chi connectivity index (χ4v) is 4.02. The minimum absolute atomic E-state index is 0.254. The van der Waals surface area contributed by atoms with E-state index < -0.39 is 5.91 Å². The van der Waals surface area contributed by atoms with E-state index in [1.165, 1.54) is 37.3 Å². The van der Waals surface area contributed by atoms with Crippen molar-refractivity contribution in [2.24, 2.45) is 0 Å². The molecule has 0 bridgehead atoms. The Morgan fingerprint density at radius 3 is 2.23 bits per heavy atom. The molecule has 31 heavy (non-hydrogen) atoms. The van der Waals surface area contributed by atoms with Crippen LogP contribution in [0.5, 0.6) is 0 Å². The largest absolute Gasteiger partial charge is 0.326 e. The first-order valence-corrected chi connectivity index (χ1v) is 10.7. The molecule has 2 aromatic carbocycles. The number of carbonyl (C=O) groups excluding carboxylic acids is 3. The highest BCUT2D eigenvalue weighted by Crippen LogP contribution is 2.30. The Hall–Kier alpha value is -2.94. The number of hydrogen-bond acceptors (Lipinski definition) is 5. The third-order valence-corrected chi connectivity index (χ3v) is 5.78. The molecule has 1 aromatic heterocycles. The Labute approximate surface area is 192 Å². The molecule has 7 nitrogen and oxygen atoms in total. The van der Waals surface area contributed by atoms with E-state index in [9.17, 15) is 14.4 Å². The van der Waals surface area contributed by atoms with E-state index in [4.69, 9.17) is 23.2 Å². The van der Waals surface area contributed by atoms with Crippen molar-refractivity contribution in [3.63, 3.8) is 0 Å². The summed E-state index contributed by atoms with van der Waals surface area (Å²) in [4.78, 5) is 40.7. The molecule has 160 valence electrons. The molecule has 0 spiro atoms. The highest BCUT2D eigenvalue weighted by Gasteiger charge is 2.14. The Bertz CT molecular complexity index is 1130. The zero-order valence-electron chi connectivity index (χ0n) is 16.6. The summed E-state index contributed by atoms with van der Waals surface area (Å²) in [6.45, 7) is 2.71. The van der Waals surface area contributed by atoms with Gasteiger partial charge >= 0.3 is 0 Å². The van der Waals surface area contributed by atoms with Crippen LogP contribution in [0.2, 0.25) is 10.0 Å². The summed E-state index contributed by atoms with van der Waals surface area (Å²) in [6, 6.07) is 10.0. The van der Waals surface area contributed by atoms with Crippen LogP contribution in [0.4, 0.5) is 16.5 Å². The van der Waals surface area contributed by atoms with Crippen molar-refractivity contribution >= 4 is 68.8 Å². The first-order chi connectivity index (χ1) is 14.7. The van der Waals surface area contributed by atoms with Crippen LogP contribution in [0.15, 0.2) is 42.6 Å². The molecular weight excluding hydrogens is 459 g/mol. The van der Waals surface area contributed by atoms with Crippen LogP contribution in [0.25, 0.3) is 0 Å². The van der Waals surface area contributed by atoms with Gasteiger partial charge in [-0.3, -0.25) is 19.7 Å². The molecular formula is C21H18Cl2N4O3S. The quantitative estimate of drug-likeness (QED) is 0.454. The molecule has 3 rings (SSSR count). The normalized spacial score (nSPS) is 10.5. The zero-order valence-corrected chi connectivity index (χ0v) is 18.9. The first kappa shape index (κ1) is 22.7. The van der Waals surface area contributed by atoms with Crippen molar-refractivity contribution in [3.8, 4) is 0 Å². The van der Waals surface area contributed by atoms with E-state index in [0.29, 0.717) is 33.0 Å². The summed E-state index contributed by atoms with van der Waals surface area (Å²) in [5.41, 5.74) is 1.89. The summed E-state index contributed by atoms with van der Waals surface area (Å²) in [5.74, 6) is -1.02. The van der Waals surface area contributed by atoms with E-state index in [1.54, 1.807) is 18.3 Å². The molecule has 0 saturated heterocycles. The third kappa shape index (κ3) is 6.27. The summed E-state index contributed by atoms with van der Waals surface area (Å²) in [5, 5.41) is 9.33. The van der Waals surface area contributed by atoms with E-state index in [0.717, 1.165) is 10.4 Å². The smallest absolute Gasteiger partial charge is 0.257 e. The second-order valence-electron chi connectivity index (χ2n) is 6.64. The standard InChI is InChI=1S/C21H18Cl2N4O3S/c1-11(28)25-15-6-14(7-16(9-15)26-12(2)29)20(30)27-21-24-10-17(31-21)8-13-4-3-5-18(22)19(13)23/h3-7,9-10H,8H2,1-2H3,(H,25,28)(H,26,29)(H,24,27,30). The van der Waals surface area contributed by atoms with Crippen LogP contribution in [-0.4, -0.2) is 22.7 Å². The number of amides is 3. The van der Waals surface area contributed by atoms with Gasteiger partial charge in [0.2, 0.25) is 11.8 Å². The third-order valence-electron chi connectivity index (χ3n) is 4.01. The molecule has 0 saturated carbocycles. The number of aromatic nitrogens is 1. The highest BCUT2D eigenvalue weighted by atomic mass is 35.5. The maximum Gasteiger partial charge on any atom is 0.257 e. The van der Waals surface area contributed by atoms with Crippen molar-refractivity contribution in [2.45, 2.75) is 20.3 Å². The van der Waals surface area contributed by atoms with Gasteiger partial charge in [0, 0.05) is 48.3 Å². The number of benzene rings is 2. The molecule has 3 aromatic rings. The molecule has 3 N–H and O–H groups in total. The molecule has 0 aliphatic heterocycles. The van der Waals surface area contributed by atoms with Gasteiger partial charge in [0.05, 0.1) is 10.0 Å². The number of carbonyl (C=O) groups is 3. The monoisotopic (exact) mass is 476 g/mol. The summed E-state index contributed by atoms with van der Waals surface area (Å²) < 4.78 is 0. The minimum Gasteiger partial charge on any atom is -0.326 e. The Morgan fingerprint density at radius 1 is 0.968 bits per heavy atom. The maximum absolute atomic E-state index is 12.7. The molecule has 0 fully saturated rings. The lowest BCUT2D eigenvalue weighted by Crippen LogP contribution is -2.15. The Kier molecular flexibility index (Phi) is 7.27. The fourth-order valence-electron chi connectivity index (χ4n) is 2.80. The highest BCUT2D eigenvalue weighted by molar-refractivity contribution is 7.15. The molecule has 0 aliphatic carbocycles. The fraction of sp³-hybridized carbons (Fsp3) is 0.143. The molecule has 0 atom stereocenters. The lowest BCUT2D eigenvalue weighted by molar-refractivity contribution is -0.115. The van der Waals surface area contributed by atoms with Gasteiger partial charge in [-0.25, -0.2) is 4.98 Å². The van der Waals surface area contributed by atoms with Crippen LogP contribution in [0.3, 0.4) is 0 Å². The van der Waals surface area contributed by atoms with Gasteiger partial charge in [0.15, 0.2) is 5.13 Å². The molecule has 3 amide bonds. The summed E-state index contributed by atoms with van der Waals surface area (Å²) in [6.07, 6.45) is 2.19. The number of anilines is 3. The predicted molar refractivity (Wildman–Crippen MR) is 124 cm³/mol. The summed E-state index contributed by atoms with van der Waals surface area (Å²) in [7, 11) is 0. The van der Waals surface area contributed by atoms with Gasteiger partial charge in [-0.2, -0.15) is 0 Å². The molecule has 1 heterocycles. The number of halogens is 2. The SMILES string of the molecule is CC(=O)Nc1cc(NC(C)=O)cc(C(=O)Nc2ncc(Cc3cccc(Cl)c3Cl)s2)c1. The van der Waals surface area contributed by atoms with Crippen molar-refractivity contribution in [2.75, 3.05) is 16.0 Å². The first-order valence-electron chi connectivity index (χ1n) is 9.10. The number of hydrogen-bond donors (Lipinski definition) is 3. The second-order valence-corrected chi connectivity index (χ2v) is 8.54. The predicted octanol–water partition coefficient (Wildman–Crippen LogP) is 5.21. The van der Waals surface area contributed by atoms with Crippen molar-refractivity contribution in [1.29, 1.82) is 0 Å². The van der Waals surface area contributed by atoms with Crippen molar-refractivity contribution in [1.82, 2.24) is 4.98 Å². The Morgan fingerprint density at radius 2 is 1.61 bits per heavy atom. The summed E-state index contributed by atoms with van der Waals surface area (Å²) >= 11 is 13.6. The van der Waals surface area contributed by atoms with Gasteiger partial charge in [-0.05, 0) is 29.8 Å². The number of nitrogens with zero attached hydrogens (tertiary/aromatic N) is 1. The van der Waals surface area contributed by atoms with Crippen molar-refractivity contribution in [3.05, 3.63) is 68.6 Å². The van der Waals surface area contributed by atoms with Gasteiger partial charge in [0.25, 0.3) is 5.91 Å². The zero-order chi connectivity index (χ0) is 22.5. The van der Waals surface area contributed by atoms with Gasteiger partial charge in [-0.1, -0.05) is 35.3 Å². The number of nitrogens with one attached hydrogen (secondary N) is 3. The van der Waals surface area contributed by atoms with Crippen LogP contribution in [0.1, 0.15) is 34.6 Å². The van der Waals surface area contributed by atoms with Gasteiger partial charge in [0.1, 0.15) is 0 Å². The van der Waals surface area contributed by atoms with Gasteiger partial charge < -0.3 is 10.6 Å². The molecule has 0 radical (unpaired) electrons. The van der Waals surface area contributed by atoms with E-state index >= 15 is 0 Å². The van der Waals surface area contributed by atoms with E-state index in [-0.39, 0.29) is 17.4 Å². The topological polar surface area (TPSA) is 100 Å². The number of rotatable bonds is 6. The van der Waals surface area contributed by atoms with Crippen LogP contribution in [0, 0.1) is 0 Å². The maximum atomic E-state index is 12.7. The molecule has 0 unspecified atom stereocenters. The van der Waals surface area contributed by atoms with E-state index in [1.807, 2.05) is 12.1 Å². The van der Waals surface area contributed by atoms with Crippen LogP contribution in [-0.2, 0) is 16.0 Å². The average molecular weight is 477 g/mol. The lowest BCUT2D eigenvalue weighted by Gasteiger charge is -2.10. The second kappa shape index (κ2) is 9.91. The van der Waals surface area contributed by atoms with Crippen LogP contribution >= 0.6 is 34.5 Å². The average Bonchev–Trinajstić information content (AvgIpc) is 3.11. The minimum atomic E-state index is -0.430.